The lowest BCUT2D eigenvalue weighted by molar-refractivity contribution is 0.0569. The summed E-state index contributed by atoms with van der Waals surface area (Å²) in [5.41, 5.74) is 1.85. The normalized spacial score (nSPS) is 15.7. The van der Waals surface area contributed by atoms with E-state index in [0.29, 0.717) is 88.1 Å². The number of piperazine rings is 2. The zero-order chi connectivity index (χ0) is 27.1. The molecule has 12 nitrogen and oxygen atoms in total. The number of hydrogen-bond donors (Lipinski definition) is 0. The molecule has 2 fully saturated rings. The van der Waals surface area contributed by atoms with Gasteiger partial charge in [0.1, 0.15) is 0 Å². The van der Waals surface area contributed by atoms with E-state index in [0.717, 1.165) is 0 Å². The van der Waals surface area contributed by atoms with E-state index >= 15 is 0 Å². The molecule has 2 aromatic heterocycles. The lowest BCUT2D eigenvalue weighted by Crippen LogP contribution is -2.50. The summed E-state index contributed by atoms with van der Waals surface area (Å²) >= 11 is 0. The molecule has 0 bridgehead atoms. The third-order valence-electron chi connectivity index (χ3n) is 6.46. The average Bonchev–Trinajstić information content (AvgIpc) is 2.97. The van der Waals surface area contributed by atoms with Crippen LogP contribution in [-0.2, 0) is 9.47 Å². The van der Waals surface area contributed by atoms with Gasteiger partial charge in [-0.25, -0.2) is 9.59 Å². The summed E-state index contributed by atoms with van der Waals surface area (Å²) in [6, 6.07) is 6.60. The lowest BCUT2D eigenvalue weighted by Gasteiger charge is -2.34. The van der Waals surface area contributed by atoms with Crippen LogP contribution >= 0.6 is 0 Å². The molecule has 2 aromatic rings. The van der Waals surface area contributed by atoms with E-state index in [1.807, 2.05) is 0 Å². The molecule has 12 heteroatoms. The fourth-order valence-electron chi connectivity index (χ4n) is 4.39. The molecule has 38 heavy (non-hydrogen) atoms. The third kappa shape index (κ3) is 6.18. The van der Waals surface area contributed by atoms with Gasteiger partial charge in [0, 0.05) is 75.9 Å². The number of carbonyl (C=O) groups excluding carboxylic acids is 4. The Bertz CT molecular complexity index is 1080. The second-order valence-corrected chi connectivity index (χ2v) is 8.82. The zero-order valence-corrected chi connectivity index (χ0v) is 21.7. The summed E-state index contributed by atoms with van der Waals surface area (Å²) in [4.78, 5) is 65.4. The maximum Gasteiger partial charge on any atom is 0.409 e. The Morgan fingerprint density at radius 2 is 0.974 bits per heavy atom. The first kappa shape index (κ1) is 26.8. The van der Waals surface area contributed by atoms with Crippen molar-refractivity contribution >= 4 is 24.0 Å². The van der Waals surface area contributed by atoms with Gasteiger partial charge < -0.3 is 29.1 Å². The standard InChI is InChI=1S/C26H32N6O6/c1-3-37-25(35)31-13-9-29(10-14-31)23(33)19-5-7-27-21(17-19)22-18-20(6-8-28-22)24(34)30-11-15-32(16-12-30)26(36)38-4-2/h5-8,17-18H,3-4,9-16H2,1-2H3. The SMILES string of the molecule is CCOC(=O)N1CCN(C(=O)c2ccnc(-c3cc(C(=O)N4CCN(C(=O)OCC)CC4)ccn3)c2)CC1. The van der Waals surface area contributed by atoms with Crippen molar-refractivity contribution in [2.75, 3.05) is 65.6 Å². The molecule has 4 amide bonds. The molecule has 4 rings (SSSR count). The monoisotopic (exact) mass is 524 g/mol. The summed E-state index contributed by atoms with van der Waals surface area (Å²) in [7, 11) is 0. The first-order valence-corrected chi connectivity index (χ1v) is 12.8. The molecule has 4 heterocycles. The Labute approximate surface area is 221 Å². The lowest BCUT2D eigenvalue weighted by atomic mass is 10.1. The van der Waals surface area contributed by atoms with Gasteiger partial charge in [0.25, 0.3) is 11.8 Å². The Hall–Kier alpha value is -4.22. The van der Waals surface area contributed by atoms with Crippen molar-refractivity contribution in [3.63, 3.8) is 0 Å². The number of nitrogens with zero attached hydrogens (tertiary/aromatic N) is 6. The molecule has 0 N–H and O–H groups in total. The molecule has 0 aromatic carbocycles. The van der Waals surface area contributed by atoms with Gasteiger partial charge in [-0.2, -0.15) is 0 Å². The first-order chi connectivity index (χ1) is 18.4. The van der Waals surface area contributed by atoms with Crippen molar-refractivity contribution in [1.29, 1.82) is 0 Å². The van der Waals surface area contributed by atoms with Gasteiger partial charge in [0.05, 0.1) is 24.6 Å². The van der Waals surface area contributed by atoms with E-state index in [4.69, 9.17) is 9.47 Å². The second kappa shape index (κ2) is 12.3. The van der Waals surface area contributed by atoms with E-state index in [1.165, 1.54) is 0 Å². The molecule has 2 aliphatic heterocycles. The summed E-state index contributed by atoms with van der Waals surface area (Å²) in [5.74, 6) is -0.326. The quantitative estimate of drug-likeness (QED) is 0.581. The summed E-state index contributed by atoms with van der Waals surface area (Å²) < 4.78 is 10.1. The van der Waals surface area contributed by atoms with Gasteiger partial charge in [-0.3, -0.25) is 19.6 Å². The van der Waals surface area contributed by atoms with Gasteiger partial charge in [-0.1, -0.05) is 0 Å². The highest BCUT2D eigenvalue weighted by Gasteiger charge is 2.27. The number of carbonyl (C=O) groups is 4. The van der Waals surface area contributed by atoms with Gasteiger partial charge in [0.2, 0.25) is 0 Å². The number of amides is 4. The molecule has 2 saturated heterocycles. The van der Waals surface area contributed by atoms with Crippen molar-refractivity contribution < 1.29 is 28.7 Å². The number of pyridine rings is 2. The molecule has 0 spiro atoms. The Balaban J connectivity index is 1.40. The van der Waals surface area contributed by atoms with Crippen molar-refractivity contribution in [3.8, 4) is 11.4 Å². The highest BCUT2D eigenvalue weighted by atomic mass is 16.6. The summed E-state index contributed by atoms with van der Waals surface area (Å²) in [6.07, 6.45) is 2.35. The van der Waals surface area contributed by atoms with E-state index in [9.17, 15) is 19.2 Å². The van der Waals surface area contributed by atoms with E-state index in [-0.39, 0.29) is 24.0 Å². The van der Waals surface area contributed by atoms with E-state index in [1.54, 1.807) is 70.1 Å². The number of hydrogen-bond acceptors (Lipinski definition) is 8. The molecular formula is C26H32N6O6. The van der Waals surface area contributed by atoms with Crippen LogP contribution in [0.4, 0.5) is 9.59 Å². The Kier molecular flexibility index (Phi) is 8.72. The number of rotatable bonds is 5. The van der Waals surface area contributed by atoms with Crippen LogP contribution < -0.4 is 0 Å². The van der Waals surface area contributed by atoms with Crippen LogP contribution in [0.1, 0.15) is 34.6 Å². The van der Waals surface area contributed by atoms with Crippen LogP contribution in [0.3, 0.4) is 0 Å². The van der Waals surface area contributed by atoms with Gasteiger partial charge >= 0.3 is 12.2 Å². The van der Waals surface area contributed by atoms with Gasteiger partial charge in [-0.15, -0.1) is 0 Å². The average molecular weight is 525 g/mol. The largest absolute Gasteiger partial charge is 0.450 e. The Morgan fingerprint density at radius 1 is 0.632 bits per heavy atom. The minimum absolute atomic E-state index is 0.163. The van der Waals surface area contributed by atoms with Crippen LogP contribution in [0.2, 0.25) is 0 Å². The summed E-state index contributed by atoms with van der Waals surface area (Å²) in [6.45, 7) is 7.37. The minimum Gasteiger partial charge on any atom is -0.450 e. The van der Waals surface area contributed by atoms with Crippen LogP contribution in [0.15, 0.2) is 36.7 Å². The van der Waals surface area contributed by atoms with Crippen molar-refractivity contribution in [1.82, 2.24) is 29.6 Å². The molecule has 0 saturated carbocycles. The Morgan fingerprint density at radius 3 is 1.32 bits per heavy atom. The first-order valence-electron chi connectivity index (χ1n) is 12.8. The minimum atomic E-state index is -0.368. The fraction of sp³-hybridized carbons (Fsp3) is 0.462. The predicted molar refractivity (Wildman–Crippen MR) is 136 cm³/mol. The molecule has 0 aliphatic carbocycles. The molecule has 0 radical (unpaired) electrons. The van der Waals surface area contributed by atoms with Crippen molar-refractivity contribution in [2.24, 2.45) is 0 Å². The summed E-state index contributed by atoms with van der Waals surface area (Å²) in [5, 5.41) is 0. The second-order valence-electron chi connectivity index (χ2n) is 8.82. The maximum atomic E-state index is 13.1. The highest BCUT2D eigenvalue weighted by Crippen LogP contribution is 2.20. The number of ether oxygens (including phenoxy) is 2. The van der Waals surface area contributed by atoms with Crippen LogP contribution in [0.25, 0.3) is 11.4 Å². The molecule has 2 aliphatic rings. The zero-order valence-electron chi connectivity index (χ0n) is 21.7. The van der Waals surface area contributed by atoms with E-state index in [2.05, 4.69) is 9.97 Å². The smallest absolute Gasteiger partial charge is 0.409 e. The molecular weight excluding hydrogens is 492 g/mol. The fourth-order valence-corrected chi connectivity index (χ4v) is 4.39. The topological polar surface area (TPSA) is 125 Å². The number of aromatic nitrogens is 2. The highest BCUT2D eigenvalue weighted by molar-refractivity contribution is 5.96. The van der Waals surface area contributed by atoms with Crippen molar-refractivity contribution in [2.45, 2.75) is 13.8 Å². The van der Waals surface area contributed by atoms with Crippen LogP contribution in [0, 0.1) is 0 Å². The van der Waals surface area contributed by atoms with Gasteiger partial charge in [0.15, 0.2) is 0 Å². The van der Waals surface area contributed by atoms with Gasteiger partial charge in [-0.05, 0) is 38.1 Å². The molecule has 0 atom stereocenters. The molecule has 202 valence electrons. The van der Waals surface area contributed by atoms with Crippen LogP contribution in [-0.4, -0.2) is 119 Å². The van der Waals surface area contributed by atoms with E-state index < -0.39 is 0 Å². The van der Waals surface area contributed by atoms with Crippen LogP contribution in [0.5, 0.6) is 0 Å². The van der Waals surface area contributed by atoms with Crippen molar-refractivity contribution in [3.05, 3.63) is 47.8 Å². The maximum absolute atomic E-state index is 13.1. The predicted octanol–water partition coefficient (Wildman–Crippen LogP) is 1.97. The third-order valence-corrected chi connectivity index (χ3v) is 6.46. The molecule has 0 unspecified atom stereocenters.